The molecule has 0 aromatic carbocycles. The largest absolute Gasteiger partial charge is 0.278 e. The molecule has 0 aliphatic carbocycles. The summed E-state index contributed by atoms with van der Waals surface area (Å²) in [6.45, 7) is 1.31. The highest BCUT2D eigenvalue weighted by molar-refractivity contribution is 6.78. The molecule has 0 N–H and O–H groups in total. The monoisotopic (exact) mass is 196 g/mol. The van der Waals surface area contributed by atoms with Crippen LogP contribution in [0.1, 0.15) is 6.92 Å². The molecule has 0 aliphatic rings. The molecule has 0 spiro atoms. The van der Waals surface area contributed by atoms with Gasteiger partial charge in [-0.3, -0.25) is 4.79 Å². The highest BCUT2D eigenvalue weighted by Gasteiger charge is 2.24. The average molecular weight is 198 g/mol. The van der Waals surface area contributed by atoms with Crippen molar-refractivity contribution in [3.63, 3.8) is 0 Å². The highest BCUT2D eigenvalue weighted by atomic mass is 35.5. The van der Waals surface area contributed by atoms with Gasteiger partial charge in [-0.2, -0.15) is 0 Å². The fraction of sp³-hybridized carbons (Fsp3) is 0.667. The third-order valence-electron chi connectivity index (χ3n) is 0.345. The predicted octanol–water partition coefficient (Wildman–Crippen LogP) is 2.37. The minimum atomic E-state index is -1.43. The second-order valence-electron chi connectivity index (χ2n) is 1.16. The zero-order valence-corrected chi connectivity index (χ0v) is 7.03. The fourth-order valence-electron chi connectivity index (χ4n) is 0. The third kappa shape index (κ3) is 4.98. The molecule has 0 aromatic heterocycles. The summed E-state index contributed by atoms with van der Waals surface area (Å²) in [6, 6.07) is 0. The van der Waals surface area contributed by atoms with Gasteiger partial charge >= 0.3 is 0 Å². The van der Waals surface area contributed by atoms with Gasteiger partial charge in [0.1, 0.15) is 0 Å². The lowest BCUT2D eigenvalue weighted by Gasteiger charge is -2.02. The molecule has 0 fully saturated rings. The van der Waals surface area contributed by atoms with Crippen LogP contribution in [0.15, 0.2) is 0 Å². The number of halogens is 4. The van der Waals surface area contributed by atoms with Gasteiger partial charge in [0, 0.05) is 0 Å². The lowest BCUT2D eigenvalue weighted by atomic mass is 10.5. The van der Waals surface area contributed by atoms with Crippen molar-refractivity contribution < 1.29 is 4.79 Å². The normalized spacial score (nSPS) is 10.0. The average Bonchev–Trinajstić information content (AvgIpc) is 1.31. The Hall–Kier alpha value is 0.830. The number of hydrogen-bond acceptors (Lipinski definition) is 1. The smallest absolute Gasteiger partial charge is 0.257 e. The van der Waals surface area contributed by atoms with Crippen molar-refractivity contribution in [2.45, 2.75) is 11.3 Å². The Kier molecular flexibility index (Phi) is 5.48. The van der Waals surface area contributed by atoms with Crippen LogP contribution in [-0.2, 0) is 4.79 Å². The summed E-state index contributed by atoms with van der Waals surface area (Å²) in [5.41, 5.74) is 0. The Balaban J connectivity index is 0. The summed E-state index contributed by atoms with van der Waals surface area (Å²) >= 11 is 15.2. The van der Waals surface area contributed by atoms with Gasteiger partial charge in [0.05, 0.1) is 0 Å². The van der Waals surface area contributed by atoms with Gasteiger partial charge in [0.25, 0.3) is 5.24 Å². The van der Waals surface area contributed by atoms with Gasteiger partial charge in [-0.15, -0.1) is 12.4 Å². The van der Waals surface area contributed by atoms with Crippen molar-refractivity contribution in [3.05, 3.63) is 0 Å². The second-order valence-corrected chi connectivity index (χ2v) is 3.21. The molecule has 0 saturated carbocycles. The van der Waals surface area contributed by atoms with Crippen LogP contribution in [0.25, 0.3) is 0 Å². The molecule has 0 heterocycles. The van der Waals surface area contributed by atoms with Crippen LogP contribution >= 0.6 is 47.2 Å². The SMILES string of the molecule is CC(Cl)(Cl)C(=O)Cl.Cl. The molecular weight excluding hydrogens is 194 g/mol. The summed E-state index contributed by atoms with van der Waals surface area (Å²) in [4.78, 5) is 9.97. The van der Waals surface area contributed by atoms with E-state index in [1.54, 1.807) is 0 Å². The van der Waals surface area contributed by atoms with E-state index in [9.17, 15) is 4.79 Å². The Morgan fingerprint density at radius 3 is 1.62 bits per heavy atom. The Bertz CT molecular complexity index is 83.8. The zero-order chi connectivity index (χ0) is 6.08. The van der Waals surface area contributed by atoms with Crippen LogP contribution < -0.4 is 0 Å². The minimum Gasteiger partial charge on any atom is -0.278 e. The van der Waals surface area contributed by atoms with Crippen molar-refractivity contribution in [3.8, 4) is 0 Å². The van der Waals surface area contributed by atoms with Crippen LogP contribution in [0.3, 0.4) is 0 Å². The van der Waals surface area contributed by atoms with E-state index < -0.39 is 9.58 Å². The molecule has 0 amide bonds. The maximum Gasteiger partial charge on any atom is 0.257 e. The lowest BCUT2D eigenvalue weighted by Crippen LogP contribution is -2.14. The van der Waals surface area contributed by atoms with Crippen LogP contribution in [0, 0.1) is 0 Å². The fourth-order valence-corrected chi connectivity index (χ4v) is 0. The van der Waals surface area contributed by atoms with Crippen molar-refractivity contribution in [1.82, 2.24) is 0 Å². The van der Waals surface area contributed by atoms with Gasteiger partial charge in [-0.25, -0.2) is 0 Å². The summed E-state index contributed by atoms with van der Waals surface area (Å²) in [6.07, 6.45) is 0. The van der Waals surface area contributed by atoms with Gasteiger partial charge < -0.3 is 0 Å². The van der Waals surface area contributed by atoms with Crippen molar-refractivity contribution >= 4 is 52.5 Å². The quantitative estimate of drug-likeness (QED) is 0.466. The Morgan fingerprint density at radius 2 is 1.62 bits per heavy atom. The number of carbonyl (C=O) groups is 1. The van der Waals surface area contributed by atoms with E-state index in [2.05, 4.69) is 0 Å². The predicted molar refractivity (Wildman–Crippen MR) is 38.2 cm³/mol. The molecule has 0 rings (SSSR count). The van der Waals surface area contributed by atoms with Gasteiger partial charge in [-0.05, 0) is 18.5 Å². The van der Waals surface area contributed by atoms with E-state index in [0.29, 0.717) is 0 Å². The molecule has 0 aliphatic heterocycles. The summed E-state index contributed by atoms with van der Waals surface area (Å²) in [7, 11) is 0. The number of alkyl halides is 2. The van der Waals surface area contributed by atoms with E-state index in [1.807, 2.05) is 0 Å². The minimum absolute atomic E-state index is 0. The maximum absolute atomic E-state index is 9.97. The molecule has 0 atom stereocenters. The van der Waals surface area contributed by atoms with E-state index in [1.165, 1.54) is 6.92 Å². The molecule has 0 bridgehead atoms. The van der Waals surface area contributed by atoms with E-state index in [0.717, 1.165) is 0 Å². The summed E-state index contributed by atoms with van der Waals surface area (Å²) in [5.74, 6) is 0. The molecule has 5 heteroatoms. The molecule has 0 aromatic rings. The molecule has 8 heavy (non-hydrogen) atoms. The van der Waals surface area contributed by atoms with Gasteiger partial charge in [-0.1, -0.05) is 23.2 Å². The van der Waals surface area contributed by atoms with Crippen molar-refractivity contribution in [1.29, 1.82) is 0 Å². The van der Waals surface area contributed by atoms with Crippen LogP contribution in [0.4, 0.5) is 0 Å². The zero-order valence-electron chi connectivity index (χ0n) is 3.95. The van der Waals surface area contributed by atoms with E-state index >= 15 is 0 Å². The standard InChI is InChI=1S/C3H3Cl3O.ClH/c1-3(5,6)2(4)7;/h1H3;1H. The molecular formula is C3H4Cl4O. The Labute approximate surface area is 68.7 Å². The van der Waals surface area contributed by atoms with E-state index in [-0.39, 0.29) is 12.4 Å². The van der Waals surface area contributed by atoms with Crippen molar-refractivity contribution in [2.75, 3.05) is 0 Å². The molecule has 0 radical (unpaired) electrons. The van der Waals surface area contributed by atoms with Crippen molar-refractivity contribution in [2.24, 2.45) is 0 Å². The number of rotatable bonds is 1. The molecule has 0 saturated heterocycles. The van der Waals surface area contributed by atoms with Gasteiger partial charge in [0.2, 0.25) is 0 Å². The first kappa shape index (κ1) is 11.6. The maximum atomic E-state index is 9.97. The molecule has 1 nitrogen and oxygen atoms in total. The lowest BCUT2D eigenvalue weighted by molar-refractivity contribution is -0.111. The Morgan fingerprint density at radius 1 is 1.50 bits per heavy atom. The first-order valence-corrected chi connectivity index (χ1v) is 2.65. The summed E-state index contributed by atoms with van der Waals surface area (Å²) < 4.78 is -1.43. The molecule has 0 unspecified atom stereocenters. The summed E-state index contributed by atoms with van der Waals surface area (Å²) in [5, 5.41) is -0.754. The first-order valence-electron chi connectivity index (χ1n) is 1.52. The van der Waals surface area contributed by atoms with Crippen LogP contribution in [0.5, 0.6) is 0 Å². The molecule has 50 valence electrons. The van der Waals surface area contributed by atoms with Crippen LogP contribution in [-0.4, -0.2) is 9.58 Å². The third-order valence-corrected chi connectivity index (χ3v) is 1.26. The topological polar surface area (TPSA) is 17.1 Å². The number of carbonyl (C=O) groups excluding carboxylic acids is 1. The van der Waals surface area contributed by atoms with Crippen LogP contribution in [0.2, 0.25) is 0 Å². The number of hydrogen-bond donors (Lipinski definition) is 0. The van der Waals surface area contributed by atoms with Gasteiger partial charge in [0.15, 0.2) is 4.33 Å². The van der Waals surface area contributed by atoms with E-state index in [4.69, 9.17) is 34.8 Å². The first-order chi connectivity index (χ1) is 2.94. The highest BCUT2D eigenvalue weighted by Crippen LogP contribution is 2.21. The second kappa shape index (κ2) is 3.78.